The minimum Gasteiger partial charge on any atom is -0.456 e. The summed E-state index contributed by atoms with van der Waals surface area (Å²) in [5, 5.41) is 19.0. The number of benzene rings is 14. The molecule has 6 heteroatoms. The van der Waals surface area contributed by atoms with E-state index >= 15 is 0 Å². The molecular weight excluding hydrogens is 1050 g/mol. The molecule has 86 heavy (non-hydrogen) atoms. The second-order valence-electron chi connectivity index (χ2n) is 23.1. The first-order valence-electron chi connectivity index (χ1n) is 29.5. The third-order valence-corrected chi connectivity index (χ3v) is 18.7. The summed E-state index contributed by atoms with van der Waals surface area (Å²) in [6.45, 7) is 0. The van der Waals surface area contributed by atoms with E-state index in [-0.39, 0.29) is 0 Å². The van der Waals surface area contributed by atoms with Gasteiger partial charge in [0.15, 0.2) is 0 Å². The highest BCUT2D eigenvalue weighted by Gasteiger charge is 2.28. The molecule has 6 aromatic heterocycles. The van der Waals surface area contributed by atoms with Crippen LogP contribution in [0.1, 0.15) is 0 Å². The van der Waals surface area contributed by atoms with E-state index in [0.717, 1.165) is 105 Å². The van der Waals surface area contributed by atoms with Gasteiger partial charge >= 0.3 is 0 Å². The lowest BCUT2D eigenvalue weighted by atomic mass is 9.96. The first-order chi connectivity index (χ1) is 42.7. The fourth-order valence-corrected chi connectivity index (χ4v) is 15.2. The van der Waals surface area contributed by atoms with Gasteiger partial charge in [0.2, 0.25) is 0 Å². The zero-order chi connectivity index (χ0) is 55.9. The molecule has 0 spiro atoms. The standard InChI is InChI=1S/C80H46N4O2/c1-3-19-49(20-4-1)81-65-31-15-11-29-59(65)73-57-27-9-10-28-58(57)77-76(78(73)81)61-39-35-48(44-68(61)84(77)52-38-42-72-63(46-52)54-24-14-18-34-70(54)86-72)47-36-40-67-64(43-47)75-56-26-8-7-25-55(56)74-60-30-12-16-32-66(60)83(79(74)80(75)82(67)50-21-5-2-6-22-50)51-37-41-71-62(45-51)53-23-13-17-33-69(53)85-71/h1-46H. The van der Waals surface area contributed by atoms with Gasteiger partial charge in [0.1, 0.15) is 22.3 Å². The maximum absolute atomic E-state index is 6.50. The number of fused-ring (bicyclic) bond motifs is 26. The number of para-hydroxylation sites is 6. The van der Waals surface area contributed by atoms with Crippen molar-refractivity contribution in [3.05, 3.63) is 279 Å². The average Bonchev–Trinajstić information content (AvgIpc) is 1.67. The minimum atomic E-state index is 0.869. The van der Waals surface area contributed by atoms with Crippen molar-refractivity contribution in [2.75, 3.05) is 0 Å². The molecule has 0 atom stereocenters. The van der Waals surface area contributed by atoms with Gasteiger partial charge in [-0.2, -0.15) is 0 Å². The lowest BCUT2D eigenvalue weighted by Gasteiger charge is -2.14. The van der Waals surface area contributed by atoms with Crippen LogP contribution in [0, 0.1) is 0 Å². The van der Waals surface area contributed by atoms with E-state index in [9.17, 15) is 0 Å². The smallest absolute Gasteiger partial charge is 0.135 e. The van der Waals surface area contributed by atoms with Crippen LogP contribution in [-0.2, 0) is 0 Å². The van der Waals surface area contributed by atoms with Crippen molar-refractivity contribution in [1.82, 2.24) is 18.3 Å². The number of rotatable bonds is 5. The fourth-order valence-electron chi connectivity index (χ4n) is 15.2. The zero-order valence-corrected chi connectivity index (χ0v) is 46.2. The van der Waals surface area contributed by atoms with Crippen LogP contribution in [0.4, 0.5) is 0 Å². The van der Waals surface area contributed by atoms with Crippen LogP contribution in [0.25, 0.3) is 187 Å². The van der Waals surface area contributed by atoms with Crippen LogP contribution < -0.4 is 0 Å². The maximum Gasteiger partial charge on any atom is 0.135 e. The van der Waals surface area contributed by atoms with Gasteiger partial charge in [0, 0.05) is 92.8 Å². The Morgan fingerprint density at radius 2 is 0.570 bits per heavy atom. The Morgan fingerprint density at radius 3 is 1.15 bits per heavy atom. The SMILES string of the molecule is c1ccc(-n2c3ccccc3c3c4ccccc4c4c(c5ccc(-c6ccc7c(c6)c6c8ccccc8c8c9ccccc9n(-c9ccc%10oc%11ccccc%11c%10c9)c8c6n7-c6ccccc6)cc5n4-c4ccc5oc6ccccc6c5c4)c32)cc1. The second-order valence-corrected chi connectivity index (χ2v) is 23.1. The Bertz CT molecular complexity index is 6320. The Kier molecular flexibility index (Phi) is 9.09. The van der Waals surface area contributed by atoms with Crippen LogP contribution in [-0.4, -0.2) is 18.3 Å². The summed E-state index contributed by atoms with van der Waals surface area (Å²) in [7, 11) is 0. The molecule has 0 saturated carbocycles. The molecular formula is C80H46N4O2. The van der Waals surface area contributed by atoms with Crippen molar-refractivity contribution < 1.29 is 8.83 Å². The summed E-state index contributed by atoms with van der Waals surface area (Å²) < 4.78 is 23.0. The number of hydrogen-bond donors (Lipinski definition) is 0. The molecule has 0 saturated heterocycles. The molecule has 14 aromatic carbocycles. The van der Waals surface area contributed by atoms with Crippen LogP contribution in [0.5, 0.6) is 0 Å². The molecule has 0 aliphatic carbocycles. The fraction of sp³-hybridized carbons (Fsp3) is 0. The van der Waals surface area contributed by atoms with Crippen molar-refractivity contribution >= 4 is 153 Å². The molecule has 0 amide bonds. The van der Waals surface area contributed by atoms with Crippen molar-refractivity contribution in [3.63, 3.8) is 0 Å². The molecule has 6 nitrogen and oxygen atoms in total. The molecule has 0 fully saturated rings. The molecule has 20 rings (SSSR count). The third-order valence-electron chi connectivity index (χ3n) is 18.7. The Labute approximate surface area is 490 Å². The molecule has 0 bridgehead atoms. The van der Waals surface area contributed by atoms with Gasteiger partial charge in [-0.15, -0.1) is 0 Å². The van der Waals surface area contributed by atoms with Crippen molar-refractivity contribution in [1.29, 1.82) is 0 Å². The highest BCUT2D eigenvalue weighted by Crippen LogP contribution is 2.51. The van der Waals surface area contributed by atoms with Gasteiger partial charge in [0.05, 0.1) is 44.1 Å². The minimum absolute atomic E-state index is 0.869. The first kappa shape index (κ1) is 45.9. The summed E-state index contributed by atoms with van der Waals surface area (Å²) in [5.41, 5.74) is 19.4. The topological polar surface area (TPSA) is 46.0 Å². The van der Waals surface area contributed by atoms with Gasteiger partial charge in [0.25, 0.3) is 0 Å². The number of nitrogens with zero attached hydrogens (tertiary/aromatic N) is 4. The van der Waals surface area contributed by atoms with E-state index in [1.165, 1.54) is 81.2 Å². The number of aromatic nitrogens is 4. The predicted octanol–water partition coefficient (Wildman–Crippen LogP) is 21.8. The molecule has 0 radical (unpaired) electrons. The summed E-state index contributed by atoms with van der Waals surface area (Å²) in [5.74, 6) is 0. The summed E-state index contributed by atoms with van der Waals surface area (Å²) >= 11 is 0. The Hall–Kier alpha value is -11.6. The molecule has 0 aliphatic rings. The predicted molar refractivity (Wildman–Crippen MR) is 359 cm³/mol. The van der Waals surface area contributed by atoms with E-state index in [0.29, 0.717) is 0 Å². The molecule has 6 heterocycles. The Balaban J connectivity index is 0.918. The summed E-state index contributed by atoms with van der Waals surface area (Å²) in [4.78, 5) is 0. The van der Waals surface area contributed by atoms with E-state index in [1.54, 1.807) is 0 Å². The van der Waals surface area contributed by atoms with E-state index in [1.807, 2.05) is 12.1 Å². The molecule has 0 N–H and O–H groups in total. The van der Waals surface area contributed by atoms with Crippen molar-refractivity contribution in [3.8, 4) is 33.9 Å². The van der Waals surface area contributed by atoms with E-state index in [2.05, 4.69) is 285 Å². The monoisotopic (exact) mass is 1090 g/mol. The van der Waals surface area contributed by atoms with Crippen LogP contribution >= 0.6 is 0 Å². The quantitative estimate of drug-likeness (QED) is 0.172. The van der Waals surface area contributed by atoms with E-state index < -0.39 is 0 Å². The van der Waals surface area contributed by atoms with Crippen LogP contribution in [0.2, 0.25) is 0 Å². The van der Waals surface area contributed by atoms with Gasteiger partial charge < -0.3 is 27.1 Å². The molecule has 0 aliphatic heterocycles. The highest BCUT2D eigenvalue weighted by molar-refractivity contribution is 6.38. The van der Waals surface area contributed by atoms with Gasteiger partial charge in [-0.1, -0.05) is 176 Å². The lowest BCUT2D eigenvalue weighted by molar-refractivity contribution is 0.668. The Morgan fingerprint density at radius 1 is 0.186 bits per heavy atom. The van der Waals surface area contributed by atoms with Crippen molar-refractivity contribution in [2.45, 2.75) is 0 Å². The lowest BCUT2D eigenvalue weighted by Crippen LogP contribution is -1.99. The zero-order valence-electron chi connectivity index (χ0n) is 46.2. The first-order valence-corrected chi connectivity index (χ1v) is 29.5. The maximum atomic E-state index is 6.50. The van der Waals surface area contributed by atoms with Gasteiger partial charge in [-0.3, -0.25) is 0 Å². The second kappa shape index (κ2) is 17.0. The van der Waals surface area contributed by atoms with Crippen LogP contribution in [0.15, 0.2) is 288 Å². The van der Waals surface area contributed by atoms with Gasteiger partial charge in [-0.05, 0) is 130 Å². The largest absolute Gasteiger partial charge is 0.456 e. The van der Waals surface area contributed by atoms with Gasteiger partial charge in [-0.25, -0.2) is 0 Å². The summed E-state index contributed by atoms with van der Waals surface area (Å²) in [6.07, 6.45) is 0. The normalized spacial score (nSPS) is 12.4. The van der Waals surface area contributed by atoms with Crippen molar-refractivity contribution in [2.24, 2.45) is 0 Å². The highest BCUT2D eigenvalue weighted by atomic mass is 16.3. The third kappa shape index (κ3) is 6.08. The molecule has 20 aromatic rings. The number of furan rings is 2. The van der Waals surface area contributed by atoms with Crippen LogP contribution in [0.3, 0.4) is 0 Å². The average molecular weight is 1100 g/mol. The van der Waals surface area contributed by atoms with E-state index in [4.69, 9.17) is 8.83 Å². The molecule has 0 unspecified atom stereocenters. The molecule has 398 valence electrons. The summed E-state index contributed by atoms with van der Waals surface area (Å²) in [6, 6.07) is 102. The number of hydrogen-bond acceptors (Lipinski definition) is 2.